The van der Waals surface area contributed by atoms with E-state index in [0.29, 0.717) is 23.3 Å². The normalized spacial score (nSPS) is 17.3. The zero-order chi connectivity index (χ0) is 34.3. The van der Waals surface area contributed by atoms with Gasteiger partial charge in [-0.15, -0.1) is 0 Å². The van der Waals surface area contributed by atoms with Gasteiger partial charge in [0.25, 0.3) is 0 Å². The van der Waals surface area contributed by atoms with Crippen LogP contribution in [0.3, 0.4) is 0 Å². The number of amidine groups is 1. The van der Waals surface area contributed by atoms with E-state index in [2.05, 4.69) is 134 Å². The quantitative estimate of drug-likeness (QED) is 0.108. The van der Waals surface area contributed by atoms with Crippen LogP contribution in [-0.4, -0.2) is 27.5 Å². The minimum atomic E-state index is 0.0470. The van der Waals surface area contributed by atoms with Gasteiger partial charge < -0.3 is 0 Å². The summed E-state index contributed by atoms with van der Waals surface area (Å²) < 4.78 is 0. The molecule has 5 heteroatoms. The number of nitrogens with zero attached hydrogens (tertiary/aromatic N) is 5. The van der Waals surface area contributed by atoms with Crippen LogP contribution in [0.1, 0.15) is 79.4 Å². The van der Waals surface area contributed by atoms with Crippen LogP contribution < -0.4 is 0 Å². The molecule has 50 heavy (non-hydrogen) atoms. The molecule has 1 aromatic heterocycles. The van der Waals surface area contributed by atoms with Gasteiger partial charge in [0.1, 0.15) is 5.84 Å². The molecule has 0 N–H and O–H groups in total. The molecule has 0 amide bonds. The zero-order valence-corrected chi connectivity index (χ0v) is 28.6. The predicted molar refractivity (Wildman–Crippen MR) is 208 cm³/mol. The van der Waals surface area contributed by atoms with Gasteiger partial charge in [0.05, 0.1) is 5.70 Å². The number of hydrogen-bond acceptors (Lipinski definition) is 4. The van der Waals surface area contributed by atoms with Crippen molar-refractivity contribution < 1.29 is 0 Å². The Kier molecular flexibility index (Phi) is 9.80. The summed E-state index contributed by atoms with van der Waals surface area (Å²) in [6.07, 6.45) is 19.8. The molecule has 0 bridgehead atoms. The Labute approximate surface area is 295 Å². The Morgan fingerprint density at radius 1 is 0.900 bits per heavy atom. The first-order valence-corrected chi connectivity index (χ1v) is 17.3. The second kappa shape index (κ2) is 15.1. The molecule has 0 saturated heterocycles. The average molecular weight is 650 g/mol. The van der Waals surface area contributed by atoms with Crippen molar-refractivity contribution in [3.63, 3.8) is 0 Å². The molecule has 0 aliphatic heterocycles. The summed E-state index contributed by atoms with van der Waals surface area (Å²) in [4.78, 5) is 24.0. The molecule has 4 aromatic rings. The van der Waals surface area contributed by atoms with Crippen LogP contribution >= 0.6 is 0 Å². The van der Waals surface area contributed by atoms with Crippen molar-refractivity contribution in [2.75, 3.05) is 0 Å². The van der Waals surface area contributed by atoms with E-state index in [1.807, 2.05) is 25.1 Å². The van der Waals surface area contributed by atoms with Gasteiger partial charge in [-0.1, -0.05) is 122 Å². The van der Waals surface area contributed by atoms with Gasteiger partial charge in [0, 0.05) is 40.2 Å². The second-order valence-electron chi connectivity index (χ2n) is 12.6. The van der Waals surface area contributed by atoms with Crippen LogP contribution in [0.25, 0.3) is 34.3 Å². The summed E-state index contributed by atoms with van der Waals surface area (Å²) in [6.45, 7) is 7.66. The lowest BCUT2D eigenvalue weighted by atomic mass is 9.81. The Bertz CT molecular complexity index is 2230. The highest BCUT2D eigenvalue weighted by atomic mass is 15.0. The molecule has 1 heterocycles. The van der Waals surface area contributed by atoms with E-state index in [4.69, 9.17) is 19.9 Å². The van der Waals surface area contributed by atoms with Crippen molar-refractivity contribution in [1.82, 2.24) is 15.0 Å². The van der Waals surface area contributed by atoms with Gasteiger partial charge >= 0.3 is 0 Å². The maximum Gasteiger partial charge on any atom is 0.164 e. The molecule has 3 aliphatic carbocycles. The molecular formula is C45H39N5. The number of benzene rings is 3. The lowest BCUT2D eigenvalue weighted by Gasteiger charge is -2.23. The highest BCUT2D eigenvalue weighted by Crippen LogP contribution is 2.39. The fourth-order valence-corrected chi connectivity index (χ4v) is 6.47. The van der Waals surface area contributed by atoms with E-state index >= 15 is 0 Å². The van der Waals surface area contributed by atoms with Crippen LogP contribution in [0.15, 0.2) is 136 Å². The molecule has 0 fully saturated rings. The molecule has 0 saturated carbocycles. The molecule has 244 valence electrons. The molecular weight excluding hydrogens is 611 g/mol. The summed E-state index contributed by atoms with van der Waals surface area (Å²) in [5.74, 6) is 9.63. The topological polar surface area (TPSA) is 63.4 Å². The lowest BCUT2D eigenvalue weighted by molar-refractivity contribution is 0.824. The highest BCUT2D eigenvalue weighted by molar-refractivity contribution is 5.89. The predicted octanol–water partition coefficient (Wildman–Crippen LogP) is 10.3. The van der Waals surface area contributed by atoms with Crippen LogP contribution in [-0.2, 0) is 6.42 Å². The Hall–Kier alpha value is -5.99. The Balaban J connectivity index is 1.39. The Morgan fingerprint density at radius 3 is 2.50 bits per heavy atom. The lowest BCUT2D eigenvalue weighted by Crippen LogP contribution is -2.10. The summed E-state index contributed by atoms with van der Waals surface area (Å²) >= 11 is 0. The van der Waals surface area contributed by atoms with Crippen LogP contribution in [0, 0.1) is 11.8 Å². The van der Waals surface area contributed by atoms with Crippen LogP contribution in [0.5, 0.6) is 0 Å². The third-order valence-corrected chi connectivity index (χ3v) is 9.05. The van der Waals surface area contributed by atoms with Gasteiger partial charge in [-0.3, -0.25) is 0 Å². The Morgan fingerprint density at radius 2 is 1.70 bits per heavy atom. The molecule has 3 aromatic carbocycles. The molecule has 0 spiro atoms. The van der Waals surface area contributed by atoms with Crippen LogP contribution in [0.4, 0.5) is 0 Å². The minimum Gasteiger partial charge on any atom is -0.250 e. The number of aromatic nitrogens is 3. The summed E-state index contributed by atoms with van der Waals surface area (Å²) in [7, 11) is 0. The summed E-state index contributed by atoms with van der Waals surface area (Å²) in [5.41, 5.74) is 10.7. The zero-order valence-electron chi connectivity index (χ0n) is 28.6. The first-order valence-electron chi connectivity index (χ1n) is 17.3. The average Bonchev–Trinajstić information content (AvgIpc) is 3.41. The van der Waals surface area contributed by atoms with Gasteiger partial charge in [-0.2, -0.15) is 0 Å². The van der Waals surface area contributed by atoms with E-state index < -0.39 is 0 Å². The highest BCUT2D eigenvalue weighted by Gasteiger charge is 2.24. The van der Waals surface area contributed by atoms with Gasteiger partial charge in [-0.05, 0) is 79.8 Å². The van der Waals surface area contributed by atoms with Crippen molar-refractivity contribution in [1.29, 1.82) is 0 Å². The van der Waals surface area contributed by atoms with Gasteiger partial charge in [-0.25, -0.2) is 24.9 Å². The van der Waals surface area contributed by atoms with E-state index in [0.717, 1.165) is 71.2 Å². The molecule has 3 aliphatic rings. The van der Waals surface area contributed by atoms with Crippen molar-refractivity contribution >= 4 is 35.5 Å². The smallest absolute Gasteiger partial charge is 0.164 e. The standard InChI is InChI=1S/C45H39N5/c1-4-15-42(47-31(2)46-3)38-25-14-24-37(27-38)40-28-39(36-23-13-22-32-16-11-12-21-35(32)26-36)29-41(30-40)45-49-43(33-17-7-5-8-18-33)48-44(50-45)34-19-9-6-10-20-34/h5,7-9,11-12,14-21,24-27,29-30,40H,3-4,6,10,22,28H2,1-2H3/b42-15-,47-31-. The first kappa shape index (κ1) is 32.6. The number of hydrogen-bond donors (Lipinski definition) is 0. The third kappa shape index (κ3) is 7.36. The van der Waals surface area contributed by atoms with Crippen molar-refractivity contribution in [3.8, 4) is 23.2 Å². The molecule has 7 rings (SSSR count). The summed E-state index contributed by atoms with van der Waals surface area (Å²) in [5, 5.41) is 0. The van der Waals surface area contributed by atoms with E-state index in [-0.39, 0.29) is 5.92 Å². The van der Waals surface area contributed by atoms with E-state index in [1.165, 1.54) is 16.7 Å². The molecule has 5 nitrogen and oxygen atoms in total. The second-order valence-corrected chi connectivity index (χ2v) is 12.6. The number of aliphatic imine (C=N–C) groups is 2. The third-order valence-electron chi connectivity index (χ3n) is 9.05. The van der Waals surface area contributed by atoms with E-state index in [1.54, 1.807) is 0 Å². The largest absolute Gasteiger partial charge is 0.250 e. The van der Waals surface area contributed by atoms with Crippen molar-refractivity contribution in [2.24, 2.45) is 9.98 Å². The fourth-order valence-electron chi connectivity index (χ4n) is 6.47. The first-order chi connectivity index (χ1) is 24.6. The number of allylic oxidation sites excluding steroid dienone is 10. The van der Waals surface area contributed by atoms with E-state index in [9.17, 15) is 0 Å². The van der Waals surface area contributed by atoms with Gasteiger partial charge in [0.15, 0.2) is 17.5 Å². The fraction of sp³-hybridized carbons (Fsp3) is 0.178. The van der Waals surface area contributed by atoms with Crippen LogP contribution in [0.2, 0.25) is 0 Å². The molecule has 0 radical (unpaired) electrons. The maximum absolute atomic E-state index is 5.13. The van der Waals surface area contributed by atoms with Crippen molar-refractivity contribution in [3.05, 3.63) is 160 Å². The SMILES string of the molecule is C=N/C(C)=N\C(=C/CC)c1cccc(C2C=C(c3nc(C4=CCCC=C4)nc(-c4ccccc4)n3)C=C(C3=Cc4ccccc4CC#C3)C2)c1. The summed E-state index contributed by atoms with van der Waals surface area (Å²) in [6, 6.07) is 27.3. The number of fused-ring (bicyclic) bond motifs is 1. The van der Waals surface area contributed by atoms with Crippen molar-refractivity contribution in [2.45, 2.75) is 51.9 Å². The monoisotopic (exact) mass is 649 g/mol. The maximum atomic E-state index is 5.13. The molecule has 1 atom stereocenters. The number of rotatable bonds is 8. The molecule has 1 unspecified atom stereocenters. The van der Waals surface area contributed by atoms with Gasteiger partial charge in [0.2, 0.25) is 0 Å². The minimum absolute atomic E-state index is 0.0470.